The van der Waals surface area contributed by atoms with Crippen molar-refractivity contribution in [2.45, 2.75) is 30.8 Å². The third-order valence-electron chi connectivity index (χ3n) is 7.94. The number of nitrogens with zero attached hydrogens (tertiary/aromatic N) is 3. The minimum absolute atomic E-state index is 0.0633. The molecule has 0 saturated carbocycles. The first-order valence-corrected chi connectivity index (χ1v) is 13.7. The van der Waals surface area contributed by atoms with Gasteiger partial charge in [-0.15, -0.1) is 11.3 Å². The van der Waals surface area contributed by atoms with Crippen molar-refractivity contribution in [1.82, 2.24) is 19.7 Å². The molecule has 0 radical (unpaired) electrons. The zero-order valence-electron chi connectivity index (χ0n) is 22.0. The van der Waals surface area contributed by atoms with Crippen LogP contribution in [0.4, 0.5) is 4.39 Å². The largest absolute Gasteiger partial charge is 0.361 e. The molecule has 0 spiro atoms. The smallest absolute Gasteiger partial charge is 0.250 e. The van der Waals surface area contributed by atoms with Crippen LogP contribution in [0.2, 0.25) is 0 Å². The van der Waals surface area contributed by atoms with Crippen LogP contribution >= 0.6 is 11.3 Å². The number of hydrogen-bond acceptors (Lipinski definition) is 4. The number of hydrogen-bond donors (Lipinski definition) is 1. The molecule has 2 aromatic heterocycles. The number of fused-ring (bicyclic) bond motifs is 1. The Morgan fingerprint density at radius 3 is 2.45 bits per heavy atom. The summed E-state index contributed by atoms with van der Waals surface area (Å²) in [5, 5.41) is 2.91. The molecule has 38 heavy (non-hydrogen) atoms. The summed E-state index contributed by atoms with van der Waals surface area (Å²) in [5.74, 6) is -0.565. The molecule has 4 aromatic rings. The second-order valence-corrected chi connectivity index (χ2v) is 11.2. The number of carbonyl (C=O) groups excluding carboxylic acids is 2. The maximum atomic E-state index is 14.0. The summed E-state index contributed by atoms with van der Waals surface area (Å²) < 4.78 is 13.6. The van der Waals surface area contributed by atoms with Crippen LogP contribution in [0.5, 0.6) is 0 Å². The van der Waals surface area contributed by atoms with Gasteiger partial charge in [0.05, 0.1) is 12.0 Å². The minimum atomic E-state index is -0.722. The summed E-state index contributed by atoms with van der Waals surface area (Å²) in [6.45, 7) is 1.24. The first-order chi connectivity index (χ1) is 18.3. The molecule has 5 rings (SSSR count). The molecule has 2 amide bonds. The number of likely N-dealkylation sites (N-methyl/N-ethyl adjacent to an activating group) is 1. The van der Waals surface area contributed by atoms with Gasteiger partial charge in [-0.1, -0.05) is 36.4 Å². The predicted octanol–water partition coefficient (Wildman–Crippen LogP) is 5.19. The van der Waals surface area contributed by atoms with Gasteiger partial charge in [-0.2, -0.15) is 0 Å². The third-order valence-corrected chi connectivity index (χ3v) is 9.00. The Hall–Kier alpha value is -3.49. The van der Waals surface area contributed by atoms with Crippen molar-refractivity contribution in [2.24, 2.45) is 0 Å². The molecule has 0 aliphatic carbocycles. The number of amides is 2. The van der Waals surface area contributed by atoms with Crippen LogP contribution < -0.4 is 0 Å². The number of aromatic nitrogens is 1. The van der Waals surface area contributed by atoms with Crippen LogP contribution in [0.25, 0.3) is 10.9 Å². The van der Waals surface area contributed by atoms with E-state index in [1.54, 1.807) is 35.5 Å². The molecule has 1 N–H and O–H groups in total. The fourth-order valence-corrected chi connectivity index (χ4v) is 6.70. The SMILES string of the molecule is CN(C(=O)Cc1c[nH]c2cc(F)ccc12)C(C(=O)N1CCC(c2cccs2)(N(C)C)CC1)c1ccccc1. The summed E-state index contributed by atoms with van der Waals surface area (Å²) in [7, 11) is 5.91. The van der Waals surface area contributed by atoms with E-state index in [-0.39, 0.29) is 29.6 Å². The summed E-state index contributed by atoms with van der Waals surface area (Å²) in [6, 6.07) is 17.5. The molecule has 6 nitrogen and oxygen atoms in total. The van der Waals surface area contributed by atoms with Crippen LogP contribution in [0, 0.1) is 5.82 Å². The van der Waals surface area contributed by atoms with E-state index in [1.807, 2.05) is 35.2 Å². The number of rotatable bonds is 7. The van der Waals surface area contributed by atoms with Gasteiger partial charge in [0, 0.05) is 42.1 Å². The van der Waals surface area contributed by atoms with E-state index in [0.717, 1.165) is 29.4 Å². The number of H-pyrrole nitrogens is 1. The maximum Gasteiger partial charge on any atom is 0.250 e. The minimum Gasteiger partial charge on any atom is -0.361 e. The quantitative estimate of drug-likeness (QED) is 0.356. The Bertz CT molecular complexity index is 1410. The van der Waals surface area contributed by atoms with Gasteiger partial charge in [-0.3, -0.25) is 14.5 Å². The number of carbonyl (C=O) groups is 2. The Morgan fingerprint density at radius 1 is 1.05 bits per heavy atom. The summed E-state index contributed by atoms with van der Waals surface area (Å²) >= 11 is 1.76. The molecule has 3 heterocycles. The van der Waals surface area contributed by atoms with E-state index in [4.69, 9.17) is 0 Å². The lowest BCUT2D eigenvalue weighted by Crippen LogP contribution is -2.53. The normalized spacial score (nSPS) is 16.1. The number of piperidine rings is 1. The van der Waals surface area contributed by atoms with Crippen molar-refractivity contribution in [3.63, 3.8) is 0 Å². The Kier molecular flexibility index (Phi) is 7.36. The molecule has 8 heteroatoms. The highest BCUT2D eigenvalue weighted by Crippen LogP contribution is 2.40. The average Bonchev–Trinajstić information content (AvgIpc) is 3.60. The van der Waals surface area contributed by atoms with Crippen molar-refractivity contribution in [3.05, 3.63) is 94.1 Å². The molecule has 1 aliphatic heterocycles. The molecular formula is C30H33FN4O2S. The number of likely N-dealkylation sites (tertiary alicyclic amines) is 1. The van der Waals surface area contributed by atoms with E-state index >= 15 is 0 Å². The van der Waals surface area contributed by atoms with E-state index in [2.05, 4.69) is 41.5 Å². The second-order valence-electron chi connectivity index (χ2n) is 10.2. The highest BCUT2D eigenvalue weighted by Gasteiger charge is 2.42. The molecule has 1 aliphatic rings. The first kappa shape index (κ1) is 26.1. The van der Waals surface area contributed by atoms with Crippen molar-refractivity contribution < 1.29 is 14.0 Å². The van der Waals surface area contributed by atoms with Gasteiger partial charge in [0.25, 0.3) is 0 Å². The van der Waals surface area contributed by atoms with Gasteiger partial charge >= 0.3 is 0 Å². The molecule has 2 aromatic carbocycles. The van der Waals surface area contributed by atoms with Crippen LogP contribution in [0.3, 0.4) is 0 Å². The molecule has 1 saturated heterocycles. The fraction of sp³-hybridized carbons (Fsp3) is 0.333. The first-order valence-electron chi connectivity index (χ1n) is 12.9. The topological polar surface area (TPSA) is 59.7 Å². The standard InChI is InChI=1S/C30H33FN4O2S/c1-33(2)30(26-10-7-17-38-26)13-15-35(16-14-30)29(37)28(21-8-5-4-6-9-21)34(3)27(36)18-22-20-32-25-19-23(31)11-12-24(22)25/h4-12,17,19-20,28,32H,13-16,18H2,1-3H3. The molecule has 1 fully saturated rings. The molecule has 1 atom stereocenters. The monoisotopic (exact) mass is 532 g/mol. The molecular weight excluding hydrogens is 499 g/mol. The molecule has 1 unspecified atom stereocenters. The van der Waals surface area contributed by atoms with Crippen LogP contribution in [-0.2, 0) is 21.5 Å². The third kappa shape index (κ3) is 4.86. The van der Waals surface area contributed by atoms with Crippen LogP contribution in [-0.4, -0.2) is 65.7 Å². The van der Waals surface area contributed by atoms with E-state index in [0.29, 0.717) is 18.6 Å². The fourth-order valence-electron chi connectivity index (χ4n) is 5.63. The number of halogens is 1. The van der Waals surface area contributed by atoms with Crippen molar-refractivity contribution >= 4 is 34.1 Å². The van der Waals surface area contributed by atoms with E-state index in [9.17, 15) is 14.0 Å². The summed E-state index contributed by atoms with van der Waals surface area (Å²) in [5.41, 5.74) is 2.12. The Morgan fingerprint density at radius 2 is 1.79 bits per heavy atom. The summed E-state index contributed by atoms with van der Waals surface area (Å²) in [6.07, 6.45) is 3.51. The predicted molar refractivity (Wildman–Crippen MR) is 149 cm³/mol. The number of aromatic amines is 1. The van der Waals surface area contributed by atoms with Crippen molar-refractivity contribution in [1.29, 1.82) is 0 Å². The van der Waals surface area contributed by atoms with E-state index in [1.165, 1.54) is 17.0 Å². The van der Waals surface area contributed by atoms with Crippen LogP contribution in [0.1, 0.15) is 34.9 Å². The highest BCUT2D eigenvalue weighted by atomic mass is 32.1. The van der Waals surface area contributed by atoms with Gasteiger partial charge < -0.3 is 14.8 Å². The van der Waals surface area contributed by atoms with Gasteiger partial charge in [0.15, 0.2) is 0 Å². The second kappa shape index (κ2) is 10.7. The highest BCUT2D eigenvalue weighted by molar-refractivity contribution is 7.10. The average molecular weight is 533 g/mol. The van der Waals surface area contributed by atoms with Gasteiger partial charge in [0.1, 0.15) is 11.9 Å². The van der Waals surface area contributed by atoms with Gasteiger partial charge in [-0.25, -0.2) is 4.39 Å². The zero-order valence-corrected chi connectivity index (χ0v) is 22.8. The van der Waals surface area contributed by atoms with Crippen molar-refractivity contribution in [2.75, 3.05) is 34.2 Å². The summed E-state index contributed by atoms with van der Waals surface area (Å²) in [4.78, 5) is 37.7. The lowest BCUT2D eigenvalue weighted by molar-refractivity contribution is -0.146. The van der Waals surface area contributed by atoms with Crippen LogP contribution in [0.15, 0.2) is 72.2 Å². The van der Waals surface area contributed by atoms with E-state index < -0.39 is 6.04 Å². The van der Waals surface area contributed by atoms with Crippen molar-refractivity contribution in [3.8, 4) is 0 Å². The Labute approximate surface area is 226 Å². The van der Waals surface area contributed by atoms with Gasteiger partial charge in [-0.05, 0) is 67.7 Å². The molecule has 198 valence electrons. The van der Waals surface area contributed by atoms with Gasteiger partial charge in [0.2, 0.25) is 11.8 Å². The zero-order chi connectivity index (χ0) is 26.9. The number of thiophene rings is 1. The number of nitrogens with one attached hydrogen (secondary N) is 1. The lowest BCUT2D eigenvalue weighted by atomic mass is 9.84. The maximum absolute atomic E-state index is 14.0. The Balaban J connectivity index is 1.37. The lowest BCUT2D eigenvalue weighted by Gasteiger charge is -2.46. The number of benzene rings is 2. The molecule has 0 bridgehead atoms.